The second-order valence-electron chi connectivity index (χ2n) is 6.54. The molecule has 0 aliphatic carbocycles. The lowest BCUT2D eigenvalue weighted by molar-refractivity contribution is 0.756. The maximum atomic E-state index is 6.30. The lowest BCUT2D eigenvalue weighted by atomic mass is 10.0. The van der Waals surface area contributed by atoms with E-state index in [1.165, 1.54) is 5.69 Å². The van der Waals surface area contributed by atoms with Crippen LogP contribution in [0.3, 0.4) is 0 Å². The third-order valence-electron chi connectivity index (χ3n) is 4.91. The number of aromatic nitrogens is 2. The predicted molar refractivity (Wildman–Crippen MR) is 115 cm³/mol. The molecule has 136 valence electrons. The molecule has 2 aromatic carbocycles. The van der Waals surface area contributed by atoms with Gasteiger partial charge in [-0.1, -0.05) is 40.9 Å². The number of rotatable bonds is 3. The molecule has 0 spiro atoms. The molecule has 2 aromatic heterocycles. The second-order valence-corrected chi connectivity index (χ2v) is 8.67. The first-order valence-electron chi connectivity index (χ1n) is 8.53. The highest BCUT2D eigenvalue weighted by atomic mass is 35.5. The Hall–Kier alpha value is -1.72. The van der Waals surface area contributed by atoms with Gasteiger partial charge in [0.1, 0.15) is 0 Å². The molecule has 7 heteroatoms. The molecule has 0 saturated carbocycles. The monoisotopic (exact) mass is 433 g/mol. The topological polar surface area (TPSA) is 20.5 Å². The molecule has 3 heterocycles. The third kappa shape index (κ3) is 3.01. The van der Waals surface area contributed by atoms with Crippen molar-refractivity contribution in [2.45, 2.75) is 13.0 Å². The third-order valence-corrected chi connectivity index (χ3v) is 6.64. The van der Waals surface area contributed by atoms with Crippen LogP contribution in [0.1, 0.15) is 11.3 Å². The van der Waals surface area contributed by atoms with E-state index in [1.54, 1.807) is 11.3 Å². The van der Waals surface area contributed by atoms with Gasteiger partial charge in [-0.25, -0.2) is 4.98 Å². The van der Waals surface area contributed by atoms with Crippen LogP contribution in [0.2, 0.25) is 15.1 Å². The average Bonchev–Trinajstić information content (AvgIpc) is 3.24. The van der Waals surface area contributed by atoms with Crippen LogP contribution in [-0.2, 0) is 13.0 Å². The lowest BCUT2D eigenvalue weighted by Gasteiger charge is -2.31. The number of imidazole rings is 1. The molecule has 0 atom stereocenters. The summed E-state index contributed by atoms with van der Waals surface area (Å²) in [6, 6.07) is 11.8. The van der Waals surface area contributed by atoms with Crippen molar-refractivity contribution >= 4 is 56.8 Å². The zero-order valence-corrected chi connectivity index (χ0v) is 17.2. The van der Waals surface area contributed by atoms with E-state index in [0.29, 0.717) is 10.0 Å². The van der Waals surface area contributed by atoms with Crippen molar-refractivity contribution in [1.82, 2.24) is 9.38 Å². The Morgan fingerprint density at radius 2 is 1.93 bits per heavy atom. The van der Waals surface area contributed by atoms with E-state index in [1.807, 2.05) is 30.3 Å². The number of thiazole rings is 1. The minimum absolute atomic E-state index is 0.583. The van der Waals surface area contributed by atoms with Crippen molar-refractivity contribution in [2.75, 3.05) is 11.4 Å². The van der Waals surface area contributed by atoms with Gasteiger partial charge in [0.25, 0.3) is 0 Å². The van der Waals surface area contributed by atoms with Gasteiger partial charge in [0.2, 0.25) is 0 Å². The lowest BCUT2D eigenvalue weighted by Crippen LogP contribution is -2.29. The summed E-state index contributed by atoms with van der Waals surface area (Å²) in [6.45, 7) is 1.64. The van der Waals surface area contributed by atoms with Gasteiger partial charge >= 0.3 is 0 Å². The van der Waals surface area contributed by atoms with Gasteiger partial charge in [-0.3, -0.25) is 4.40 Å². The molecule has 3 nitrogen and oxygen atoms in total. The molecule has 4 aromatic rings. The molecule has 0 radical (unpaired) electrons. The predicted octanol–water partition coefficient (Wildman–Crippen LogP) is 6.59. The maximum Gasteiger partial charge on any atom is 0.194 e. The van der Waals surface area contributed by atoms with E-state index in [-0.39, 0.29) is 0 Å². The molecule has 0 saturated heterocycles. The fourth-order valence-corrected chi connectivity index (χ4v) is 4.81. The number of hydrogen-bond acceptors (Lipinski definition) is 3. The van der Waals surface area contributed by atoms with Gasteiger partial charge in [0.15, 0.2) is 4.96 Å². The first kappa shape index (κ1) is 17.4. The quantitative estimate of drug-likeness (QED) is 0.363. The molecular formula is C20H14Cl3N3S. The number of benzene rings is 2. The minimum atomic E-state index is 0.583. The van der Waals surface area contributed by atoms with Crippen LogP contribution in [0.4, 0.5) is 5.69 Å². The number of nitrogens with zero attached hydrogens (tertiary/aromatic N) is 3. The Morgan fingerprint density at radius 3 is 2.78 bits per heavy atom. The van der Waals surface area contributed by atoms with Crippen molar-refractivity contribution in [3.8, 4) is 11.3 Å². The SMILES string of the molecule is Clc1ccc2c(c1)N(CCc1ccc(Cl)c(Cl)c1)Cc1c-2nc2sccn12. The van der Waals surface area contributed by atoms with E-state index in [0.717, 1.165) is 52.0 Å². The molecule has 5 rings (SSSR count). The average molecular weight is 435 g/mol. The van der Waals surface area contributed by atoms with E-state index in [4.69, 9.17) is 39.8 Å². The van der Waals surface area contributed by atoms with E-state index < -0.39 is 0 Å². The summed E-state index contributed by atoms with van der Waals surface area (Å²) in [6.07, 6.45) is 2.95. The van der Waals surface area contributed by atoms with Crippen LogP contribution in [0, 0.1) is 0 Å². The summed E-state index contributed by atoms with van der Waals surface area (Å²) in [7, 11) is 0. The minimum Gasteiger partial charge on any atom is -0.365 e. The normalized spacial score (nSPS) is 13.1. The van der Waals surface area contributed by atoms with Gasteiger partial charge in [0.05, 0.1) is 28.0 Å². The molecule has 0 unspecified atom stereocenters. The molecule has 0 fully saturated rings. The standard InChI is InChI=1S/C20H14Cl3N3S/c21-13-2-3-14-17(10-13)25(6-5-12-1-4-15(22)16(23)9-12)11-18-19(14)24-20-26(18)7-8-27-20/h1-4,7-10H,5-6,11H2. The summed E-state index contributed by atoms with van der Waals surface area (Å²) in [4.78, 5) is 8.22. The number of halogens is 3. The summed E-state index contributed by atoms with van der Waals surface area (Å²) in [5.74, 6) is 0. The van der Waals surface area contributed by atoms with Crippen molar-refractivity contribution in [2.24, 2.45) is 0 Å². The van der Waals surface area contributed by atoms with Gasteiger partial charge in [-0.05, 0) is 42.3 Å². The first-order chi connectivity index (χ1) is 13.1. The highest BCUT2D eigenvalue weighted by Gasteiger charge is 2.27. The Bertz CT molecular complexity index is 1160. The highest BCUT2D eigenvalue weighted by Crippen LogP contribution is 2.41. The van der Waals surface area contributed by atoms with Gasteiger partial charge in [-0.2, -0.15) is 0 Å². The number of anilines is 1. The largest absolute Gasteiger partial charge is 0.365 e. The Morgan fingerprint density at radius 1 is 1.04 bits per heavy atom. The van der Waals surface area contributed by atoms with Crippen molar-refractivity contribution in [3.63, 3.8) is 0 Å². The summed E-state index contributed by atoms with van der Waals surface area (Å²) < 4.78 is 2.18. The first-order valence-corrected chi connectivity index (χ1v) is 10.5. The number of fused-ring (bicyclic) bond motifs is 5. The molecule has 0 N–H and O–H groups in total. The van der Waals surface area contributed by atoms with E-state index >= 15 is 0 Å². The van der Waals surface area contributed by atoms with Crippen molar-refractivity contribution < 1.29 is 0 Å². The van der Waals surface area contributed by atoms with Crippen LogP contribution in [0.5, 0.6) is 0 Å². The van der Waals surface area contributed by atoms with Crippen molar-refractivity contribution in [1.29, 1.82) is 0 Å². The van der Waals surface area contributed by atoms with Crippen LogP contribution < -0.4 is 4.90 Å². The van der Waals surface area contributed by atoms with Crippen LogP contribution >= 0.6 is 46.1 Å². The fraction of sp³-hybridized carbons (Fsp3) is 0.150. The summed E-state index contributed by atoms with van der Waals surface area (Å²) in [5.41, 5.74) is 5.69. The highest BCUT2D eigenvalue weighted by molar-refractivity contribution is 7.15. The van der Waals surface area contributed by atoms with Gasteiger partial charge < -0.3 is 4.90 Å². The maximum absolute atomic E-state index is 6.30. The van der Waals surface area contributed by atoms with Crippen LogP contribution in [0.15, 0.2) is 48.0 Å². The molecule has 27 heavy (non-hydrogen) atoms. The Balaban J connectivity index is 1.52. The molecule has 0 bridgehead atoms. The van der Waals surface area contributed by atoms with Crippen LogP contribution in [-0.4, -0.2) is 15.9 Å². The van der Waals surface area contributed by atoms with Crippen LogP contribution in [0.25, 0.3) is 16.2 Å². The van der Waals surface area contributed by atoms with Crippen molar-refractivity contribution in [3.05, 3.63) is 74.3 Å². The molecular weight excluding hydrogens is 421 g/mol. The van der Waals surface area contributed by atoms with E-state index in [2.05, 4.69) is 26.9 Å². The second kappa shape index (κ2) is 6.71. The smallest absolute Gasteiger partial charge is 0.194 e. The molecule has 1 aliphatic heterocycles. The molecule has 1 aliphatic rings. The Labute approximate surface area is 175 Å². The zero-order chi connectivity index (χ0) is 18.5. The van der Waals surface area contributed by atoms with E-state index in [9.17, 15) is 0 Å². The van der Waals surface area contributed by atoms with Gasteiger partial charge in [0, 0.05) is 34.4 Å². The zero-order valence-electron chi connectivity index (χ0n) is 14.1. The number of hydrogen-bond donors (Lipinski definition) is 0. The fourth-order valence-electron chi connectivity index (χ4n) is 3.59. The Kier molecular flexibility index (Phi) is 4.32. The summed E-state index contributed by atoms with van der Waals surface area (Å²) >= 11 is 20.2. The van der Waals surface area contributed by atoms with Gasteiger partial charge in [-0.15, -0.1) is 11.3 Å². The summed E-state index contributed by atoms with van der Waals surface area (Å²) in [5, 5.41) is 3.98. The molecule has 0 amide bonds.